The van der Waals surface area contributed by atoms with E-state index in [4.69, 9.17) is 21.4 Å². The molecule has 2 rings (SSSR count). The molecular weight excluding hydrogens is 294 g/mol. The molecule has 1 aromatic carbocycles. The molecule has 1 heterocycles. The molecule has 1 saturated heterocycles. The highest BCUT2D eigenvalue weighted by molar-refractivity contribution is 6.30. The predicted octanol–water partition coefficient (Wildman–Crippen LogP) is 2.74. The number of carboxylic acid groups (broad SMARTS) is 1. The predicted molar refractivity (Wildman–Crippen MR) is 79.9 cm³/mol. The topological polar surface area (TPSA) is 70.0 Å². The lowest BCUT2D eigenvalue weighted by molar-refractivity contribution is -0.137. The number of hydrogen-bond donors (Lipinski definition) is 2. The molecule has 0 saturated carbocycles. The van der Waals surface area contributed by atoms with E-state index in [9.17, 15) is 9.90 Å². The second kappa shape index (κ2) is 7.00. The zero-order chi connectivity index (χ0) is 15.4. The van der Waals surface area contributed by atoms with Gasteiger partial charge in [-0.2, -0.15) is 0 Å². The van der Waals surface area contributed by atoms with Crippen molar-refractivity contribution in [1.29, 1.82) is 0 Å². The quantitative estimate of drug-likeness (QED) is 0.845. The number of aromatic hydroxyl groups is 1. The molecule has 6 heteroatoms. The van der Waals surface area contributed by atoms with Crippen LogP contribution in [0, 0.1) is 5.92 Å². The SMILES string of the molecule is COc1cc(Cl)cc(CN2CCC(CCC(=O)O)C2)c1O. The van der Waals surface area contributed by atoms with Gasteiger partial charge in [0, 0.05) is 36.2 Å². The Bertz CT molecular complexity index is 521. The van der Waals surface area contributed by atoms with Gasteiger partial charge in [0.2, 0.25) is 0 Å². The van der Waals surface area contributed by atoms with E-state index in [0.717, 1.165) is 25.1 Å². The lowest BCUT2D eigenvalue weighted by Crippen LogP contribution is -2.20. The Labute approximate surface area is 129 Å². The zero-order valence-electron chi connectivity index (χ0n) is 12.0. The number of halogens is 1. The van der Waals surface area contributed by atoms with Crippen LogP contribution in [-0.4, -0.2) is 41.3 Å². The van der Waals surface area contributed by atoms with E-state index in [1.165, 1.54) is 7.11 Å². The molecule has 0 aromatic heterocycles. The Morgan fingerprint density at radius 3 is 2.95 bits per heavy atom. The highest BCUT2D eigenvalue weighted by Crippen LogP contribution is 2.35. The van der Waals surface area contributed by atoms with E-state index >= 15 is 0 Å². The number of ether oxygens (including phenoxy) is 1. The van der Waals surface area contributed by atoms with E-state index < -0.39 is 5.97 Å². The van der Waals surface area contributed by atoms with Crippen molar-refractivity contribution in [1.82, 2.24) is 4.90 Å². The van der Waals surface area contributed by atoms with E-state index in [-0.39, 0.29) is 12.2 Å². The molecule has 21 heavy (non-hydrogen) atoms. The van der Waals surface area contributed by atoms with Crippen LogP contribution >= 0.6 is 11.6 Å². The highest BCUT2D eigenvalue weighted by Gasteiger charge is 2.24. The van der Waals surface area contributed by atoms with Gasteiger partial charge in [-0.15, -0.1) is 0 Å². The molecule has 1 aliphatic rings. The third-order valence-electron chi connectivity index (χ3n) is 3.87. The van der Waals surface area contributed by atoms with Crippen molar-refractivity contribution in [2.45, 2.75) is 25.8 Å². The number of carboxylic acids is 1. The Kier molecular flexibility index (Phi) is 5.31. The van der Waals surface area contributed by atoms with Gasteiger partial charge in [-0.25, -0.2) is 0 Å². The highest BCUT2D eigenvalue weighted by atomic mass is 35.5. The van der Waals surface area contributed by atoms with Crippen molar-refractivity contribution < 1.29 is 19.7 Å². The Morgan fingerprint density at radius 1 is 1.52 bits per heavy atom. The molecule has 0 radical (unpaired) electrons. The first kappa shape index (κ1) is 15.9. The molecule has 0 amide bonds. The van der Waals surface area contributed by atoms with Crippen molar-refractivity contribution >= 4 is 17.6 Å². The maximum absolute atomic E-state index is 10.6. The minimum Gasteiger partial charge on any atom is -0.504 e. The summed E-state index contributed by atoms with van der Waals surface area (Å²) < 4.78 is 5.10. The van der Waals surface area contributed by atoms with Crippen molar-refractivity contribution in [3.05, 3.63) is 22.7 Å². The van der Waals surface area contributed by atoms with Gasteiger partial charge in [0.25, 0.3) is 0 Å². The third-order valence-corrected chi connectivity index (χ3v) is 4.09. The van der Waals surface area contributed by atoms with Crippen LogP contribution in [-0.2, 0) is 11.3 Å². The summed E-state index contributed by atoms with van der Waals surface area (Å²) in [7, 11) is 1.49. The fourth-order valence-corrected chi connectivity index (χ4v) is 3.00. The molecule has 1 atom stereocenters. The number of phenolic OH excluding ortho intramolecular Hbond substituents is 1. The van der Waals surface area contributed by atoms with E-state index in [1.54, 1.807) is 12.1 Å². The van der Waals surface area contributed by atoms with Gasteiger partial charge in [0.05, 0.1) is 7.11 Å². The first-order valence-corrected chi connectivity index (χ1v) is 7.37. The maximum atomic E-state index is 10.6. The number of hydrogen-bond acceptors (Lipinski definition) is 4. The first-order valence-electron chi connectivity index (χ1n) is 6.99. The van der Waals surface area contributed by atoms with Crippen LogP contribution in [0.15, 0.2) is 12.1 Å². The molecular formula is C15H20ClNO4. The van der Waals surface area contributed by atoms with E-state index in [0.29, 0.717) is 29.7 Å². The van der Waals surface area contributed by atoms with Crippen LogP contribution in [0.5, 0.6) is 11.5 Å². The monoisotopic (exact) mass is 313 g/mol. The van der Waals surface area contributed by atoms with Gasteiger partial charge < -0.3 is 14.9 Å². The molecule has 116 valence electrons. The Balaban J connectivity index is 1.97. The first-order chi connectivity index (χ1) is 9.99. The van der Waals surface area contributed by atoms with E-state index in [1.807, 2.05) is 0 Å². The number of benzene rings is 1. The number of rotatable bonds is 6. The summed E-state index contributed by atoms with van der Waals surface area (Å²) in [6, 6.07) is 3.32. The van der Waals surface area contributed by atoms with Crippen molar-refractivity contribution in [3.8, 4) is 11.5 Å². The summed E-state index contributed by atoms with van der Waals surface area (Å²) in [6.45, 7) is 2.34. The molecule has 2 N–H and O–H groups in total. The molecule has 0 bridgehead atoms. The average molecular weight is 314 g/mol. The summed E-state index contributed by atoms with van der Waals surface area (Å²) in [4.78, 5) is 12.8. The molecule has 1 fully saturated rings. The second-order valence-corrected chi connectivity index (χ2v) is 5.87. The van der Waals surface area contributed by atoms with Crippen LogP contribution in [0.4, 0.5) is 0 Å². The lowest BCUT2D eigenvalue weighted by Gasteiger charge is -2.18. The molecule has 0 aliphatic carbocycles. The summed E-state index contributed by atoms with van der Waals surface area (Å²) in [5.41, 5.74) is 0.734. The molecule has 1 aromatic rings. The smallest absolute Gasteiger partial charge is 0.303 e. The number of phenols is 1. The van der Waals surface area contributed by atoms with Crippen LogP contribution < -0.4 is 4.74 Å². The number of carbonyl (C=O) groups is 1. The standard InChI is InChI=1S/C15H20ClNO4/c1-21-13-7-12(16)6-11(15(13)20)9-17-5-4-10(8-17)2-3-14(18)19/h6-7,10,20H,2-5,8-9H2,1H3,(H,18,19). The maximum Gasteiger partial charge on any atom is 0.303 e. The largest absolute Gasteiger partial charge is 0.504 e. The van der Waals surface area contributed by atoms with Crippen LogP contribution in [0.1, 0.15) is 24.8 Å². The van der Waals surface area contributed by atoms with Crippen molar-refractivity contribution in [2.75, 3.05) is 20.2 Å². The van der Waals surface area contributed by atoms with Crippen LogP contribution in [0.25, 0.3) is 0 Å². The van der Waals surface area contributed by atoms with E-state index in [2.05, 4.69) is 4.90 Å². The van der Waals surface area contributed by atoms with Crippen LogP contribution in [0.3, 0.4) is 0 Å². The summed E-state index contributed by atoms with van der Waals surface area (Å²) in [5.74, 6) is 0.157. The van der Waals surface area contributed by atoms with Crippen LogP contribution in [0.2, 0.25) is 5.02 Å². The molecule has 0 spiro atoms. The molecule has 1 aliphatic heterocycles. The van der Waals surface area contributed by atoms with Gasteiger partial charge in [-0.1, -0.05) is 11.6 Å². The van der Waals surface area contributed by atoms with Gasteiger partial charge in [0.15, 0.2) is 11.5 Å². The Hall–Kier alpha value is -1.46. The fraction of sp³-hybridized carbons (Fsp3) is 0.533. The summed E-state index contributed by atoms with van der Waals surface area (Å²) >= 11 is 6.02. The number of methoxy groups -OCH3 is 1. The zero-order valence-corrected chi connectivity index (χ0v) is 12.8. The number of nitrogens with zero attached hydrogens (tertiary/aromatic N) is 1. The second-order valence-electron chi connectivity index (χ2n) is 5.44. The van der Waals surface area contributed by atoms with Gasteiger partial charge in [-0.3, -0.25) is 9.69 Å². The average Bonchev–Trinajstić information content (AvgIpc) is 2.88. The number of likely N-dealkylation sites (tertiary alicyclic amines) is 1. The minimum atomic E-state index is -0.745. The normalized spacial score (nSPS) is 18.9. The molecule has 1 unspecified atom stereocenters. The van der Waals surface area contributed by atoms with Gasteiger partial charge >= 0.3 is 5.97 Å². The Morgan fingerprint density at radius 2 is 2.29 bits per heavy atom. The third kappa shape index (κ3) is 4.25. The lowest BCUT2D eigenvalue weighted by atomic mass is 10.0. The minimum absolute atomic E-state index is 0.121. The van der Waals surface area contributed by atoms with Crippen molar-refractivity contribution in [2.24, 2.45) is 5.92 Å². The van der Waals surface area contributed by atoms with Gasteiger partial charge in [-0.05, 0) is 31.4 Å². The number of aliphatic carboxylic acids is 1. The molecule has 5 nitrogen and oxygen atoms in total. The van der Waals surface area contributed by atoms with Crippen molar-refractivity contribution in [3.63, 3.8) is 0 Å². The summed E-state index contributed by atoms with van der Waals surface area (Å²) in [6.07, 6.45) is 1.91. The van der Waals surface area contributed by atoms with Gasteiger partial charge in [0.1, 0.15) is 0 Å². The fourth-order valence-electron chi connectivity index (χ4n) is 2.77. The summed E-state index contributed by atoms with van der Waals surface area (Å²) in [5, 5.41) is 19.4.